The molecule has 0 bridgehead atoms. The molecule has 7 nitrogen and oxygen atoms in total. The molecule has 138 valence electrons. The highest BCUT2D eigenvalue weighted by molar-refractivity contribution is 6.58. The number of benzene rings is 2. The number of hydrogen-bond donors (Lipinski definition) is 4. The Hall–Kier alpha value is -2.97. The standard InChI is InChI=1S/C19H21BN4O3/c1-11(2)7-19(25)23-17-6-4-13(20(26)27)9-15(17)12-3-5-14-16(21)10-22-24-18(14)8-12/h3-6,8-11,26-27H,7H2,1-2H3,(H2,21,24)(H,23,25). The van der Waals surface area contributed by atoms with Gasteiger partial charge < -0.3 is 21.1 Å². The Labute approximate surface area is 157 Å². The number of rotatable bonds is 5. The minimum absolute atomic E-state index is 0.103. The van der Waals surface area contributed by atoms with Crippen molar-refractivity contribution in [2.45, 2.75) is 20.3 Å². The van der Waals surface area contributed by atoms with E-state index in [0.717, 1.165) is 10.9 Å². The highest BCUT2D eigenvalue weighted by atomic mass is 16.4. The number of nitrogens with zero attached hydrogens (tertiary/aromatic N) is 2. The largest absolute Gasteiger partial charge is 0.488 e. The molecule has 3 rings (SSSR count). The van der Waals surface area contributed by atoms with E-state index in [-0.39, 0.29) is 11.8 Å². The van der Waals surface area contributed by atoms with E-state index in [1.54, 1.807) is 24.3 Å². The van der Waals surface area contributed by atoms with Gasteiger partial charge in [0.2, 0.25) is 5.91 Å². The molecule has 0 aliphatic carbocycles. The zero-order chi connectivity index (χ0) is 19.6. The summed E-state index contributed by atoms with van der Waals surface area (Å²) >= 11 is 0. The zero-order valence-corrected chi connectivity index (χ0v) is 15.2. The van der Waals surface area contributed by atoms with Crippen molar-refractivity contribution in [3.8, 4) is 11.1 Å². The molecule has 0 radical (unpaired) electrons. The lowest BCUT2D eigenvalue weighted by molar-refractivity contribution is -0.116. The molecule has 0 unspecified atom stereocenters. The number of hydrogen-bond acceptors (Lipinski definition) is 6. The van der Waals surface area contributed by atoms with Crippen molar-refractivity contribution in [1.29, 1.82) is 0 Å². The van der Waals surface area contributed by atoms with E-state index >= 15 is 0 Å². The van der Waals surface area contributed by atoms with E-state index in [4.69, 9.17) is 5.73 Å². The number of carbonyl (C=O) groups is 1. The number of fused-ring (bicyclic) bond motifs is 1. The summed E-state index contributed by atoms with van der Waals surface area (Å²) in [6.07, 6.45) is 1.88. The molecule has 0 fully saturated rings. The van der Waals surface area contributed by atoms with Crippen LogP contribution in [0.1, 0.15) is 20.3 Å². The van der Waals surface area contributed by atoms with Gasteiger partial charge in [-0.1, -0.05) is 32.0 Å². The summed E-state index contributed by atoms with van der Waals surface area (Å²) < 4.78 is 0. The lowest BCUT2D eigenvalue weighted by atomic mass is 9.78. The average molecular weight is 364 g/mol. The topological polar surface area (TPSA) is 121 Å². The molecule has 27 heavy (non-hydrogen) atoms. The van der Waals surface area contributed by atoms with Gasteiger partial charge in [0, 0.05) is 23.1 Å². The van der Waals surface area contributed by atoms with Crippen LogP contribution in [0.3, 0.4) is 0 Å². The molecule has 2 aromatic carbocycles. The van der Waals surface area contributed by atoms with Crippen LogP contribution in [0.4, 0.5) is 11.4 Å². The molecule has 0 aliphatic rings. The Kier molecular flexibility index (Phi) is 5.39. The van der Waals surface area contributed by atoms with Crippen molar-refractivity contribution < 1.29 is 14.8 Å². The predicted molar refractivity (Wildman–Crippen MR) is 107 cm³/mol. The maximum Gasteiger partial charge on any atom is 0.488 e. The van der Waals surface area contributed by atoms with Gasteiger partial charge in [0.1, 0.15) is 0 Å². The third kappa shape index (κ3) is 4.24. The van der Waals surface area contributed by atoms with E-state index in [2.05, 4.69) is 15.5 Å². The number of anilines is 2. The molecule has 0 aliphatic heterocycles. The maximum atomic E-state index is 12.2. The van der Waals surface area contributed by atoms with Gasteiger partial charge in [0.25, 0.3) is 0 Å². The van der Waals surface area contributed by atoms with Crippen LogP contribution in [0.2, 0.25) is 0 Å². The highest BCUT2D eigenvalue weighted by Crippen LogP contribution is 2.30. The molecule has 1 aromatic heterocycles. The molecule has 0 spiro atoms. The number of carbonyl (C=O) groups excluding carboxylic acids is 1. The van der Waals surface area contributed by atoms with Gasteiger partial charge in [-0.15, -0.1) is 0 Å². The van der Waals surface area contributed by atoms with E-state index in [0.29, 0.717) is 34.3 Å². The lowest BCUT2D eigenvalue weighted by Crippen LogP contribution is -2.30. The smallest absolute Gasteiger partial charge is 0.423 e. The first-order chi connectivity index (χ1) is 12.8. The van der Waals surface area contributed by atoms with E-state index < -0.39 is 7.12 Å². The third-order valence-corrected chi connectivity index (χ3v) is 4.19. The first-order valence-corrected chi connectivity index (χ1v) is 8.66. The Bertz CT molecular complexity index is 992. The first-order valence-electron chi connectivity index (χ1n) is 8.66. The molecule has 8 heteroatoms. The van der Waals surface area contributed by atoms with Crippen molar-refractivity contribution in [3.05, 3.63) is 42.6 Å². The molecule has 1 heterocycles. The van der Waals surface area contributed by atoms with Crippen molar-refractivity contribution in [3.63, 3.8) is 0 Å². The van der Waals surface area contributed by atoms with Gasteiger partial charge in [-0.3, -0.25) is 4.79 Å². The van der Waals surface area contributed by atoms with Gasteiger partial charge in [0.15, 0.2) is 0 Å². The molecule has 0 saturated carbocycles. The lowest BCUT2D eigenvalue weighted by Gasteiger charge is -2.15. The molecule has 5 N–H and O–H groups in total. The van der Waals surface area contributed by atoms with Crippen molar-refractivity contribution in [1.82, 2.24) is 10.2 Å². The van der Waals surface area contributed by atoms with Crippen molar-refractivity contribution in [2.75, 3.05) is 11.1 Å². The Balaban J connectivity index is 2.08. The maximum absolute atomic E-state index is 12.2. The van der Waals surface area contributed by atoms with Gasteiger partial charge in [-0.05, 0) is 35.1 Å². The summed E-state index contributed by atoms with van der Waals surface area (Å²) in [5, 5.41) is 30.7. The van der Waals surface area contributed by atoms with Crippen LogP contribution in [0.5, 0.6) is 0 Å². The highest BCUT2D eigenvalue weighted by Gasteiger charge is 2.17. The number of nitrogens with two attached hydrogens (primary N) is 1. The fourth-order valence-electron chi connectivity index (χ4n) is 2.89. The summed E-state index contributed by atoms with van der Waals surface area (Å²) in [7, 11) is -1.61. The predicted octanol–water partition coefficient (Wildman–Crippen LogP) is 1.54. The van der Waals surface area contributed by atoms with Gasteiger partial charge in [-0.25, -0.2) is 0 Å². The molecule has 0 saturated heterocycles. The van der Waals surface area contributed by atoms with Crippen LogP contribution in [0.15, 0.2) is 42.6 Å². The van der Waals surface area contributed by atoms with E-state index in [1.807, 2.05) is 26.0 Å². The molecular formula is C19H21BN4O3. The van der Waals surface area contributed by atoms with Crippen molar-refractivity contribution in [2.24, 2.45) is 5.92 Å². The van der Waals surface area contributed by atoms with E-state index in [9.17, 15) is 14.8 Å². The monoisotopic (exact) mass is 364 g/mol. The Morgan fingerprint density at radius 2 is 2.00 bits per heavy atom. The minimum atomic E-state index is -1.61. The van der Waals surface area contributed by atoms with E-state index in [1.165, 1.54) is 6.20 Å². The number of nitrogens with one attached hydrogen (secondary N) is 1. The van der Waals surface area contributed by atoms with Crippen molar-refractivity contribution >= 4 is 40.8 Å². The van der Waals surface area contributed by atoms with Gasteiger partial charge >= 0.3 is 7.12 Å². The summed E-state index contributed by atoms with van der Waals surface area (Å²) in [6, 6.07) is 10.4. The van der Waals surface area contributed by atoms with Gasteiger partial charge in [0.05, 0.1) is 17.4 Å². The second-order valence-corrected chi connectivity index (χ2v) is 6.86. The van der Waals surface area contributed by atoms with Crippen LogP contribution in [-0.4, -0.2) is 33.3 Å². The van der Waals surface area contributed by atoms with Crippen LogP contribution >= 0.6 is 0 Å². The van der Waals surface area contributed by atoms with Gasteiger partial charge in [-0.2, -0.15) is 10.2 Å². The van der Waals surface area contributed by atoms with Crippen LogP contribution in [0, 0.1) is 5.92 Å². The SMILES string of the molecule is CC(C)CC(=O)Nc1ccc(B(O)O)cc1-c1ccc2c(N)cnnc2c1. The number of aromatic nitrogens is 2. The summed E-state index contributed by atoms with van der Waals surface area (Å²) in [5.41, 5.74) is 9.38. The second kappa shape index (κ2) is 7.73. The Morgan fingerprint density at radius 3 is 2.70 bits per heavy atom. The molecule has 1 amide bonds. The average Bonchev–Trinajstić information content (AvgIpc) is 2.61. The molecular weight excluding hydrogens is 343 g/mol. The minimum Gasteiger partial charge on any atom is -0.423 e. The fraction of sp³-hybridized carbons (Fsp3) is 0.211. The third-order valence-electron chi connectivity index (χ3n) is 4.19. The van der Waals surface area contributed by atoms with Crippen LogP contribution in [-0.2, 0) is 4.79 Å². The number of amides is 1. The summed E-state index contributed by atoms with van der Waals surface area (Å²) in [4.78, 5) is 12.2. The first kappa shape index (κ1) is 18.8. The fourth-order valence-corrected chi connectivity index (χ4v) is 2.89. The second-order valence-electron chi connectivity index (χ2n) is 6.86. The zero-order valence-electron chi connectivity index (χ0n) is 15.2. The summed E-state index contributed by atoms with van der Waals surface area (Å²) in [6.45, 7) is 3.94. The molecule has 0 atom stereocenters. The van der Waals surface area contributed by atoms with Crippen LogP contribution in [0.25, 0.3) is 22.0 Å². The quantitative estimate of drug-likeness (QED) is 0.510. The number of nitrogen functional groups attached to an aromatic ring is 1. The normalized spacial score (nSPS) is 11.0. The molecule has 3 aromatic rings. The van der Waals surface area contributed by atoms with Crippen LogP contribution < -0.4 is 16.5 Å². The Morgan fingerprint density at radius 1 is 1.22 bits per heavy atom. The summed E-state index contributed by atoms with van der Waals surface area (Å²) in [5.74, 6) is 0.124.